The van der Waals surface area contributed by atoms with Crippen LogP contribution < -0.4 is 10.0 Å². The van der Waals surface area contributed by atoms with Crippen molar-refractivity contribution in [2.24, 2.45) is 0 Å². The first-order chi connectivity index (χ1) is 12.5. The van der Waals surface area contributed by atoms with Crippen molar-refractivity contribution >= 4 is 31.9 Å². The summed E-state index contributed by atoms with van der Waals surface area (Å²) in [7, 11) is -7.36. The fraction of sp³-hybridized carbons (Fsp3) is 0.467. The van der Waals surface area contributed by atoms with E-state index >= 15 is 0 Å². The van der Waals surface area contributed by atoms with Crippen molar-refractivity contribution in [2.75, 3.05) is 32.4 Å². The van der Waals surface area contributed by atoms with Crippen LogP contribution in [0.1, 0.15) is 17.3 Å². The predicted molar refractivity (Wildman–Crippen MR) is 95.9 cm³/mol. The maximum Gasteiger partial charge on any atom is 0.338 e. The minimum atomic E-state index is -3.94. The zero-order valence-electron chi connectivity index (χ0n) is 14.8. The van der Waals surface area contributed by atoms with Crippen LogP contribution in [-0.2, 0) is 29.6 Å². The summed E-state index contributed by atoms with van der Waals surface area (Å²) in [5, 5.41) is 2.54. The molecule has 1 saturated heterocycles. The second kappa shape index (κ2) is 8.33. The van der Waals surface area contributed by atoms with Crippen LogP contribution in [0.15, 0.2) is 29.2 Å². The van der Waals surface area contributed by atoms with E-state index in [0.717, 1.165) is 10.6 Å². The number of carbonyl (C=O) groups is 2. The number of amides is 1. The van der Waals surface area contributed by atoms with E-state index in [1.807, 2.05) is 0 Å². The Balaban J connectivity index is 2.12. The number of esters is 1. The highest BCUT2D eigenvalue weighted by molar-refractivity contribution is 7.89. The quantitative estimate of drug-likeness (QED) is 0.535. The number of hydrogen-bond acceptors (Lipinski definition) is 7. The molecular formula is C15H21N3O7S2. The minimum absolute atomic E-state index is 0.00346. The number of nitrogens with one attached hydrogen (secondary N) is 2. The summed E-state index contributed by atoms with van der Waals surface area (Å²) in [4.78, 5) is 23.5. The van der Waals surface area contributed by atoms with Gasteiger partial charge in [-0.1, -0.05) is 6.07 Å². The molecule has 1 heterocycles. The van der Waals surface area contributed by atoms with Crippen molar-refractivity contribution in [2.45, 2.75) is 17.9 Å². The van der Waals surface area contributed by atoms with E-state index in [2.05, 4.69) is 10.0 Å². The molecule has 1 aromatic carbocycles. The maximum atomic E-state index is 12.7. The van der Waals surface area contributed by atoms with Crippen molar-refractivity contribution in [3.63, 3.8) is 0 Å². The Bertz CT molecular complexity index is 928. The topological polar surface area (TPSA) is 139 Å². The summed E-state index contributed by atoms with van der Waals surface area (Å²) in [5.41, 5.74) is 0.00346. The highest BCUT2D eigenvalue weighted by Crippen LogP contribution is 2.18. The second-order valence-electron chi connectivity index (χ2n) is 6.05. The third-order valence-electron chi connectivity index (χ3n) is 3.65. The van der Waals surface area contributed by atoms with Gasteiger partial charge in [0.2, 0.25) is 26.0 Å². The maximum absolute atomic E-state index is 12.7. The number of sulfonamides is 2. The molecule has 0 aromatic heterocycles. The van der Waals surface area contributed by atoms with E-state index in [9.17, 15) is 26.4 Å². The van der Waals surface area contributed by atoms with Crippen LogP contribution in [0, 0.1) is 0 Å². The molecule has 0 bridgehead atoms. The normalized spacial score (nSPS) is 17.2. The van der Waals surface area contributed by atoms with Gasteiger partial charge in [-0.2, -0.15) is 4.31 Å². The van der Waals surface area contributed by atoms with Gasteiger partial charge in [0, 0.05) is 19.6 Å². The first-order valence-corrected chi connectivity index (χ1v) is 11.3. The van der Waals surface area contributed by atoms with Gasteiger partial charge in [0.15, 0.2) is 0 Å². The smallest absolute Gasteiger partial charge is 0.338 e. The van der Waals surface area contributed by atoms with Crippen LogP contribution in [0.3, 0.4) is 0 Å². The zero-order valence-corrected chi connectivity index (χ0v) is 16.5. The number of piperazine rings is 1. The van der Waals surface area contributed by atoms with Crippen molar-refractivity contribution in [1.82, 2.24) is 14.3 Å². The van der Waals surface area contributed by atoms with E-state index in [0.29, 0.717) is 0 Å². The average Bonchev–Trinajstić information content (AvgIpc) is 2.59. The number of rotatable bonds is 7. The molecule has 0 spiro atoms. The molecule has 0 saturated carbocycles. The molecule has 2 N–H and O–H groups in total. The van der Waals surface area contributed by atoms with E-state index in [4.69, 9.17) is 4.74 Å². The fourth-order valence-corrected chi connectivity index (χ4v) is 4.29. The Hall–Kier alpha value is -2.02. The molecule has 1 aromatic rings. The molecule has 1 aliphatic heterocycles. The first kappa shape index (κ1) is 21.3. The molecule has 10 nitrogen and oxygen atoms in total. The van der Waals surface area contributed by atoms with Crippen LogP contribution in [-0.4, -0.2) is 71.6 Å². The van der Waals surface area contributed by atoms with Gasteiger partial charge in [0.05, 0.1) is 23.3 Å². The third-order valence-corrected chi connectivity index (χ3v) is 6.18. The Morgan fingerprint density at radius 1 is 1.33 bits per heavy atom. The van der Waals surface area contributed by atoms with Gasteiger partial charge in [-0.05, 0) is 25.1 Å². The van der Waals surface area contributed by atoms with Gasteiger partial charge in [0.25, 0.3) is 0 Å². The van der Waals surface area contributed by atoms with Crippen molar-refractivity contribution in [3.05, 3.63) is 29.8 Å². The molecule has 150 valence electrons. The van der Waals surface area contributed by atoms with Crippen molar-refractivity contribution < 1.29 is 31.2 Å². The molecule has 2 rings (SSSR count). The number of hydrogen-bond donors (Lipinski definition) is 2. The molecular weight excluding hydrogens is 398 g/mol. The number of nitrogens with zero attached hydrogens (tertiary/aromatic N) is 1. The molecule has 1 fully saturated rings. The van der Waals surface area contributed by atoms with Crippen LogP contribution in [0.2, 0.25) is 0 Å². The van der Waals surface area contributed by atoms with E-state index in [1.54, 1.807) is 0 Å². The third kappa shape index (κ3) is 5.99. The van der Waals surface area contributed by atoms with Gasteiger partial charge in [0.1, 0.15) is 6.10 Å². The Labute approximate surface area is 158 Å². The Morgan fingerprint density at radius 2 is 2.04 bits per heavy atom. The number of carbonyl (C=O) groups excluding carboxylic acids is 2. The molecule has 12 heteroatoms. The second-order valence-corrected chi connectivity index (χ2v) is 9.82. The number of ether oxygens (including phenoxy) is 1. The summed E-state index contributed by atoms with van der Waals surface area (Å²) in [5.74, 6) is -1.18. The monoisotopic (exact) mass is 419 g/mol. The molecule has 0 radical (unpaired) electrons. The molecule has 1 aliphatic rings. The van der Waals surface area contributed by atoms with Gasteiger partial charge >= 0.3 is 5.97 Å². The SMILES string of the molecule is C[C@@H](CNS(C)(=O)=O)OC(=O)c1cccc(S(=O)(=O)N2CCNC(=O)C2)c1. The van der Waals surface area contributed by atoms with E-state index in [1.165, 1.54) is 31.2 Å². The Kier molecular flexibility index (Phi) is 6.57. The molecule has 1 atom stereocenters. The minimum Gasteiger partial charge on any atom is -0.458 e. The molecule has 0 aliphatic carbocycles. The average molecular weight is 419 g/mol. The zero-order chi connectivity index (χ0) is 20.2. The molecule has 1 amide bonds. The largest absolute Gasteiger partial charge is 0.458 e. The van der Waals surface area contributed by atoms with Gasteiger partial charge in [-0.25, -0.2) is 26.4 Å². The molecule has 0 unspecified atom stereocenters. The summed E-state index contributed by atoms with van der Waals surface area (Å²) < 4.78 is 55.8. The summed E-state index contributed by atoms with van der Waals surface area (Å²) in [6.45, 7) is 1.46. The van der Waals surface area contributed by atoms with Crippen LogP contribution in [0.25, 0.3) is 0 Å². The standard InChI is InChI=1S/C15H21N3O7S2/c1-11(9-17-26(2,21)22)25-15(20)12-4-3-5-13(8-12)27(23,24)18-7-6-16-14(19)10-18/h3-5,8,11,17H,6-7,9-10H2,1-2H3,(H,16,19)/t11-/m0/s1. The van der Waals surface area contributed by atoms with Crippen LogP contribution >= 0.6 is 0 Å². The lowest BCUT2D eigenvalue weighted by atomic mass is 10.2. The molecule has 27 heavy (non-hydrogen) atoms. The first-order valence-electron chi connectivity index (χ1n) is 8.01. The van der Waals surface area contributed by atoms with Crippen LogP contribution in [0.5, 0.6) is 0 Å². The summed E-state index contributed by atoms with van der Waals surface area (Å²) >= 11 is 0. The number of benzene rings is 1. The summed E-state index contributed by atoms with van der Waals surface area (Å²) in [6, 6.07) is 5.28. The van der Waals surface area contributed by atoms with Gasteiger partial charge < -0.3 is 10.1 Å². The lowest BCUT2D eigenvalue weighted by Gasteiger charge is -2.26. The lowest BCUT2D eigenvalue weighted by molar-refractivity contribution is -0.122. The fourth-order valence-electron chi connectivity index (χ4n) is 2.31. The van der Waals surface area contributed by atoms with Crippen molar-refractivity contribution in [1.29, 1.82) is 0 Å². The predicted octanol–water partition coefficient (Wildman–Crippen LogP) is -1.10. The van der Waals surface area contributed by atoms with Crippen LogP contribution in [0.4, 0.5) is 0 Å². The highest BCUT2D eigenvalue weighted by atomic mass is 32.2. The van der Waals surface area contributed by atoms with Gasteiger partial charge in [-0.15, -0.1) is 0 Å². The van der Waals surface area contributed by atoms with Crippen molar-refractivity contribution in [3.8, 4) is 0 Å². The van der Waals surface area contributed by atoms with E-state index < -0.39 is 38.0 Å². The van der Waals surface area contributed by atoms with E-state index in [-0.39, 0.29) is 36.6 Å². The lowest BCUT2D eigenvalue weighted by Crippen LogP contribution is -2.49. The Morgan fingerprint density at radius 3 is 2.67 bits per heavy atom. The van der Waals surface area contributed by atoms with Gasteiger partial charge in [-0.3, -0.25) is 4.79 Å². The highest BCUT2D eigenvalue weighted by Gasteiger charge is 2.29. The summed E-state index contributed by atoms with van der Waals surface area (Å²) in [6.07, 6.45) is 0.231.